The summed E-state index contributed by atoms with van der Waals surface area (Å²) < 4.78 is 0. The van der Waals surface area contributed by atoms with Crippen LogP contribution >= 0.6 is 11.8 Å². The Hall–Kier alpha value is -4.21. The van der Waals surface area contributed by atoms with E-state index in [0.29, 0.717) is 0 Å². The second-order valence-electron chi connectivity index (χ2n) is 9.74. The van der Waals surface area contributed by atoms with Crippen molar-refractivity contribution in [3.8, 4) is 11.1 Å². The van der Waals surface area contributed by atoms with Gasteiger partial charge in [-0.3, -0.25) is 0 Å². The molecule has 0 saturated heterocycles. The van der Waals surface area contributed by atoms with Crippen LogP contribution in [-0.2, 0) is 0 Å². The molecule has 0 bridgehead atoms. The molecule has 0 aromatic heterocycles. The van der Waals surface area contributed by atoms with Crippen molar-refractivity contribution in [3.05, 3.63) is 133 Å². The number of nitrogens with zero attached hydrogens (tertiary/aromatic N) is 1. The molecule has 2 heterocycles. The zero-order valence-corrected chi connectivity index (χ0v) is 21.0. The van der Waals surface area contributed by atoms with Gasteiger partial charge in [0, 0.05) is 26.9 Å². The summed E-state index contributed by atoms with van der Waals surface area (Å²) in [5, 5.41) is 2.56. The van der Waals surface area contributed by atoms with Crippen LogP contribution in [0, 0.1) is 0 Å². The number of rotatable bonds is 2. The van der Waals surface area contributed by atoms with E-state index in [1.54, 1.807) is 0 Å². The molecule has 0 saturated carbocycles. The molecule has 6 aromatic rings. The van der Waals surface area contributed by atoms with Gasteiger partial charge in [0.05, 0.1) is 0 Å². The normalized spacial score (nSPS) is 13.2. The van der Waals surface area contributed by atoms with Crippen molar-refractivity contribution in [3.63, 3.8) is 0 Å². The fourth-order valence-electron chi connectivity index (χ4n) is 6.13. The first-order chi connectivity index (χ1) is 18.4. The third-order valence-corrected chi connectivity index (χ3v) is 8.85. The minimum absolute atomic E-state index is 0.222. The number of anilines is 3. The van der Waals surface area contributed by atoms with E-state index in [9.17, 15) is 0 Å². The van der Waals surface area contributed by atoms with Crippen molar-refractivity contribution < 1.29 is 0 Å². The summed E-state index contributed by atoms with van der Waals surface area (Å²) in [5.41, 5.74) is 10.4. The van der Waals surface area contributed by atoms with Crippen molar-refractivity contribution in [1.82, 2.24) is 0 Å². The van der Waals surface area contributed by atoms with Crippen LogP contribution in [0.5, 0.6) is 0 Å². The molecule has 8 rings (SSSR count). The van der Waals surface area contributed by atoms with E-state index in [2.05, 4.69) is 138 Å². The van der Waals surface area contributed by atoms with Crippen molar-refractivity contribution in [1.29, 1.82) is 0 Å². The average molecular weight is 487 g/mol. The largest absolute Gasteiger partial charge is 0.311 e. The quantitative estimate of drug-likeness (QED) is 0.236. The van der Waals surface area contributed by atoms with Crippen LogP contribution in [0.25, 0.3) is 21.9 Å². The van der Waals surface area contributed by atoms with Crippen LogP contribution in [0.2, 0.25) is 0 Å². The molecule has 1 nitrogen and oxygen atoms in total. The predicted molar refractivity (Wildman–Crippen MR) is 159 cm³/mol. The Morgan fingerprint density at radius 2 is 1.27 bits per heavy atom. The molecule has 0 atom stereocenters. The maximum absolute atomic E-state index is 2.47. The third kappa shape index (κ3) is 3.14. The summed E-state index contributed by atoms with van der Waals surface area (Å²) >= 11 is 1.91. The Bertz CT molecular complexity index is 1820. The summed E-state index contributed by atoms with van der Waals surface area (Å²) in [6.45, 7) is 0.222. The van der Waals surface area contributed by atoms with E-state index in [-0.39, 0.29) is 6.71 Å². The van der Waals surface area contributed by atoms with Gasteiger partial charge in [0.15, 0.2) is 0 Å². The molecule has 2 aliphatic rings. The first-order valence-electron chi connectivity index (χ1n) is 12.7. The van der Waals surface area contributed by atoms with Crippen molar-refractivity contribution in [2.24, 2.45) is 0 Å². The number of para-hydroxylation sites is 2. The summed E-state index contributed by atoms with van der Waals surface area (Å²) in [4.78, 5) is 5.16. The van der Waals surface area contributed by atoms with Gasteiger partial charge in [-0.25, -0.2) is 0 Å². The average Bonchev–Trinajstić information content (AvgIpc) is 2.97. The second-order valence-corrected chi connectivity index (χ2v) is 10.8. The van der Waals surface area contributed by atoms with Crippen LogP contribution in [0.3, 0.4) is 0 Å². The van der Waals surface area contributed by atoms with E-state index in [4.69, 9.17) is 0 Å². The highest BCUT2D eigenvalue weighted by atomic mass is 32.2. The van der Waals surface area contributed by atoms with E-state index in [0.717, 1.165) is 0 Å². The monoisotopic (exact) mass is 487 g/mol. The predicted octanol–water partition coefficient (Wildman–Crippen LogP) is 7.27. The Kier molecular flexibility index (Phi) is 4.62. The first kappa shape index (κ1) is 20.9. The van der Waals surface area contributed by atoms with Gasteiger partial charge in [-0.15, -0.1) is 0 Å². The molecule has 3 heteroatoms. The standard InChI is InChI=1S/C34H22BNS/c1-2-13-25(14-3-1)36-30-19-8-6-17-28(30)35-29-18-7-9-20-32(29)37-33-22-24(21-31(36)34(33)35)27-16-10-12-23-11-4-5-15-26(23)27/h1-22H. The maximum Gasteiger partial charge on any atom is 0.249 e. The minimum atomic E-state index is 0.222. The van der Waals surface area contributed by atoms with Gasteiger partial charge in [-0.2, -0.15) is 0 Å². The van der Waals surface area contributed by atoms with Crippen LogP contribution in [0.4, 0.5) is 17.1 Å². The lowest BCUT2D eigenvalue weighted by molar-refractivity contribution is 1.27. The number of hydrogen-bond acceptors (Lipinski definition) is 2. The molecule has 0 unspecified atom stereocenters. The molecule has 2 aliphatic heterocycles. The fraction of sp³-hybridized carbons (Fsp3) is 0. The van der Waals surface area contributed by atoms with Gasteiger partial charge in [0.2, 0.25) is 6.71 Å². The minimum Gasteiger partial charge on any atom is -0.311 e. The van der Waals surface area contributed by atoms with Crippen molar-refractivity contribution >= 4 is 62.7 Å². The zero-order valence-electron chi connectivity index (χ0n) is 20.1. The van der Waals surface area contributed by atoms with Gasteiger partial charge in [-0.1, -0.05) is 114 Å². The summed E-state index contributed by atoms with van der Waals surface area (Å²) in [5.74, 6) is 0. The first-order valence-corrected chi connectivity index (χ1v) is 13.6. The van der Waals surface area contributed by atoms with E-state index in [1.807, 2.05) is 11.8 Å². The van der Waals surface area contributed by atoms with Crippen LogP contribution < -0.4 is 21.3 Å². The number of benzene rings is 6. The smallest absolute Gasteiger partial charge is 0.249 e. The molecule has 0 fully saturated rings. The molecule has 0 N–H and O–H groups in total. The van der Waals surface area contributed by atoms with E-state index < -0.39 is 0 Å². The molecule has 0 spiro atoms. The zero-order chi connectivity index (χ0) is 24.3. The van der Waals surface area contributed by atoms with Gasteiger partial charge >= 0.3 is 0 Å². The van der Waals surface area contributed by atoms with Crippen LogP contribution in [0.1, 0.15) is 0 Å². The molecular weight excluding hydrogens is 465 g/mol. The molecule has 0 amide bonds. The SMILES string of the molecule is c1ccc(N2c3ccccc3B3c4ccccc4Sc4cc(-c5cccc6ccccc56)cc2c43)cc1. The van der Waals surface area contributed by atoms with Gasteiger partial charge in [0.1, 0.15) is 0 Å². The highest BCUT2D eigenvalue weighted by Crippen LogP contribution is 2.44. The number of hydrogen-bond donors (Lipinski definition) is 0. The molecule has 37 heavy (non-hydrogen) atoms. The van der Waals surface area contributed by atoms with Crippen LogP contribution in [0.15, 0.2) is 143 Å². The third-order valence-electron chi connectivity index (χ3n) is 7.70. The van der Waals surface area contributed by atoms with Gasteiger partial charge < -0.3 is 4.90 Å². The lowest BCUT2D eigenvalue weighted by Crippen LogP contribution is -2.59. The molecule has 172 valence electrons. The fourth-order valence-corrected chi connectivity index (χ4v) is 7.34. The molecule has 0 aliphatic carbocycles. The maximum atomic E-state index is 2.47. The Balaban J connectivity index is 1.47. The van der Waals surface area contributed by atoms with Crippen LogP contribution in [-0.4, -0.2) is 6.71 Å². The molecule has 0 radical (unpaired) electrons. The Labute approximate surface area is 221 Å². The Morgan fingerprint density at radius 1 is 0.541 bits per heavy atom. The topological polar surface area (TPSA) is 3.24 Å². The number of fused-ring (bicyclic) bond motifs is 5. The lowest BCUT2D eigenvalue weighted by atomic mass is 9.35. The van der Waals surface area contributed by atoms with Gasteiger partial charge in [0.25, 0.3) is 0 Å². The summed E-state index contributed by atoms with van der Waals surface area (Å²) in [7, 11) is 0. The second kappa shape index (κ2) is 8.16. The summed E-state index contributed by atoms with van der Waals surface area (Å²) in [6, 6.07) is 48.9. The summed E-state index contributed by atoms with van der Waals surface area (Å²) in [6.07, 6.45) is 0. The highest BCUT2D eigenvalue weighted by molar-refractivity contribution is 8.00. The lowest BCUT2D eigenvalue weighted by Gasteiger charge is -2.40. The van der Waals surface area contributed by atoms with Crippen molar-refractivity contribution in [2.45, 2.75) is 9.79 Å². The highest BCUT2D eigenvalue weighted by Gasteiger charge is 2.40. The van der Waals surface area contributed by atoms with Gasteiger partial charge in [-0.05, 0) is 69.2 Å². The van der Waals surface area contributed by atoms with E-state index >= 15 is 0 Å². The van der Waals surface area contributed by atoms with E-state index in [1.165, 1.54) is 65.1 Å². The molecule has 6 aromatic carbocycles. The molecular formula is C34H22BNS. The Morgan fingerprint density at radius 3 is 2.19 bits per heavy atom. The van der Waals surface area contributed by atoms with Crippen molar-refractivity contribution in [2.75, 3.05) is 4.90 Å².